The number of amides is 2. The standard InChI is InChI=1S/C22H24N2O6/c1-12(2)30-21(26)17-18(13-8-10-14(28-3)11-9-13)23-22(27)24-19(17)15-6-5-7-16(29-4)20(15)25/h5-12,19,25H,1-4H3,(H2,23,24,27). The van der Waals surface area contributed by atoms with Crippen LogP contribution in [0, 0.1) is 0 Å². The maximum Gasteiger partial charge on any atom is 0.338 e. The maximum absolute atomic E-state index is 13.1. The van der Waals surface area contributed by atoms with E-state index in [1.54, 1.807) is 63.4 Å². The van der Waals surface area contributed by atoms with E-state index in [1.165, 1.54) is 7.11 Å². The number of carbonyl (C=O) groups excluding carboxylic acids is 2. The first-order chi connectivity index (χ1) is 14.3. The lowest BCUT2D eigenvalue weighted by Gasteiger charge is -2.30. The summed E-state index contributed by atoms with van der Waals surface area (Å²) >= 11 is 0. The number of aromatic hydroxyl groups is 1. The molecule has 0 saturated heterocycles. The fourth-order valence-electron chi connectivity index (χ4n) is 3.22. The molecule has 0 saturated carbocycles. The number of phenols is 1. The van der Waals surface area contributed by atoms with E-state index in [2.05, 4.69) is 10.6 Å². The zero-order chi connectivity index (χ0) is 21.8. The molecule has 0 fully saturated rings. The van der Waals surface area contributed by atoms with Crippen molar-refractivity contribution in [3.8, 4) is 17.2 Å². The monoisotopic (exact) mass is 412 g/mol. The van der Waals surface area contributed by atoms with Gasteiger partial charge in [0.1, 0.15) is 5.75 Å². The molecule has 2 amide bonds. The lowest BCUT2D eigenvalue weighted by atomic mass is 9.92. The van der Waals surface area contributed by atoms with Crippen molar-refractivity contribution in [1.29, 1.82) is 0 Å². The molecule has 3 N–H and O–H groups in total. The van der Waals surface area contributed by atoms with Crippen LogP contribution in [-0.2, 0) is 9.53 Å². The van der Waals surface area contributed by atoms with Crippen molar-refractivity contribution < 1.29 is 28.9 Å². The smallest absolute Gasteiger partial charge is 0.338 e. The second-order valence-electron chi connectivity index (χ2n) is 6.90. The Morgan fingerprint density at radius 2 is 1.77 bits per heavy atom. The number of urea groups is 1. The van der Waals surface area contributed by atoms with Crippen LogP contribution >= 0.6 is 0 Å². The summed E-state index contributed by atoms with van der Waals surface area (Å²) in [7, 11) is 2.97. The Hall–Kier alpha value is -3.68. The summed E-state index contributed by atoms with van der Waals surface area (Å²) < 4.78 is 15.8. The highest BCUT2D eigenvalue weighted by Gasteiger charge is 2.36. The SMILES string of the molecule is COc1ccc(C2=C(C(=O)OC(C)C)C(c3cccc(OC)c3O)NC(=O)N2)cc1. The quantitative estimate of drug-likeness (QED) is 0.630. The van der Waals surface area contributed by atoms with Crippen LogP contribution in [-0.4, -0.2) is 37.4 Å². The van der Waals surface area contributed by atoms with Gasteiger partial charge in [-0.15, -0.1) is 0 Å². The molecule has 1 atom stereocenters. The number of hydrogen-bond acceptors (Lipinski definition) is 6. The molecule has 1 unspecified atom stereocenters. The van der Waals surface area contributed by atoms with Crippen LogP contribution in [0.5, 0.6) is 17.2 Å². The Morgan fingerprint density at radius 3 is 2.37 bits per heavy atom. The van der Waals surface area contributed by atoms with Crippen LogP contribution in [0.2, 0.25) is 0 Å². The molecule has 0 bridgehead atoms. The van der Waals surface area contributed by atoms with Gasteiger partial charge in [0.15, 0.2) is 11.5 Å². The number of rotatable bonds is 6. The van der Waals surface area contributed by atoms with Crippen molar-refractivity contribution in [1.82, 2.24) is 10.6 Å². The van der Waals surface area contributed by atoms with Crippen LogP contribution in [0.1, 0.15) is 31.0 Å². The third-order valence-electron chi connectivity index (χ3n) is 4.57. The Labute approximate surface area is 174 Å². The van der Waals surface area contributed by atoms with Crippen molar-refractivity contribution in [2.24, 2.45) is 0 Å². The molecule has 1 aliphatic heterocycles. The molecule has 8 heteroatoms. The zero-order valence-electron chi connectivity index (χ0n) is 17.2. The number of nitrogens with one attached hydrogen (secondary N) is 2. The minimum absolute atomic E-state index is 0.164. The lowest BCUT2D eigenvalue weighted by molar-refractivity contribution is -0.143. The van der Waals surface area contributed by atoms with E-state index in [4.69, 9.17) is 14.2 Å². The summed E-state index contributed by atoms with van der Waals surface area (Å²) in [5.74, 6) is 0.0717. The zero-order valence-corrected chi connectivity index (χ0v) is 17.2. The van der Waals surface area contributed by atoms with Gasteiger partial charge in [-0.2, -0.15) is 0 Å². The fraction of sp³-hybridized carbons (Fsp3) is 0.273. The van der Waals surface area contributed by atoms with Gasteiger partial charge in [-0.05, 0) is 49.7 Å². The Balaban J connectivity index is 2.21. The molecule has 158 valence electrons. The highest BCUT2D eigenvalue weighted by Crippen LogP contribution is 2.40. The van der Waals surface area contributed by atoms with Gasteiger partial charge in [-0.25, -0.2) is 9.59 Å². The number of esters is 1. The van der Waals surface area contributed by atoms with Crippen LogP contribution in [0.25, 0.3) is 5.70 Å². The molecule has 3 rings (SSSR count). The van der Waals surface area contributed by atoms with Gasteiger partial charge in [0, 0.05) is 5.56 Å². The van der Waals surface area contributed by atoms with Crippen LogP contribution < -0.4 is 20.1 Å². The third-order valence-corrected chi connectivity index (χ3v) is 4.57. The van der Waals surface area contributed by atoms with Gasteiger partial charge in [0.05, 0.1) is 37.6 Å². The van der Waals surface area contributed by atoms with Crippen LogP contribution in [0.15, 0.2) is 48.0 Å². The highest BCUT2D eigenvalue weighted by molar-refractivity contribution is 6.04. The second-order valence-corrected chi connectivity index (χ2v) is 6.90. The molecule has 30 heavy (non-hydrogen) atoms. The number of carbonyl (C=O) groups is 2. The largest absolute Gasteiger partial charge is 0.504 e. The first-order valence-corrected chi connectivity index (χ1v) is 9.38. The molecule has 1 heterocycles. The summed E-state index contributed by atoms with van der Waals surface area (Å²) in [6.45, 7) is 3.47. The Morgan fingerprint density at radius 1 is 1.07 bits per heavy atom. The maximum atomic E-state index is 13.1. The minimum atomic E-state index is -0.947. The minimum Gasteiger partial charge on any atom is -0.504 e. The highest BCUT2D eigenvalue weighted by atomic mass is 16.5. The summed E-state index contributed by atoms with van der Waals surface area (Å²) in [6.07, 6.45) is -0.376. The number of hydrogen-bond donors (Lipinski definition) is 3. The molecular formula is C22H24N2O6. The first-order valence-electron chi connectivity index (χ1n) is 9.38. The number of ether oxygens (including phenoxy) is 3. The van der Waals surface area contributed by atoms with Gasteiger partial charge in [0.2, 0.25) is 0 Å². The summed E-state index contributed by atoms with van der Waals surface area (Å²) in [4.78, 5) is 25.5. The van der Waals surface area contributed by atoms with E-state index < -0.39 is 18.0 Å². The Kier molecular flexibility index (Phi) is 6.15. The molecular weight excluding hydrogens is 388 g/mol. The molecule has 8 nitrogen and oxygen atoms in total. The molecule has 0 aromatic heterocycles. The third kappa shape index (κ3) is 4.17. The average molecular weight is 412 g/mol. The van der Waals surface area contributed by atoms with Gasteiger partial charge < -0.3 is 30.0 Å². The summed E-state index contributed by atoms with van der Waals surface area (Å²) in [6, 6.07) is 10.3. The van der Waals surface area contributed by atoms with Crippen molar-refractivity contribution >= 4 is 17.7 Å². The predicted molar refractivity (Wildman–Crippen MR) is 110 cm³/mol. The van der Waals surface area contributed by atoms with Gasteiger partial charge in [-0.3, -0.25) is 0 Å². The summed E-state index contributed by atoms with van der Waals surface area (Å²) in [5, 5.41) is 16.0. The number of para-hydroxylation sites is 1. The van der Waals surface area contributed by atoms with Gasteiger partial charge >= 0.3 is 12.0 Å². The van der Waals surface area contributed by atoms with E-state index in [0.717, 1.165) is 0 Å². The number of phenolic OH excluding ortho intramolecular Hbond substituents is 1. The molecule has 1 aliphatic rings. The molecule has 0 spiro atoms. The molecule has 0 aliphatic carbocycles. The summed E-state index contributed by atoms with van der Waals surface area (Å²) in [5.41, 5.74) is 1.36. The van der Waals surface area contributed by atoms with E-state index in [-0.39, 0.29) is 23.2 Å². The average Bonchev–Trinajstić information content (AvgIpc) is 2.72. The number of methoxy groups -OCH3 is 2. The van der Waals surface area contributed by atoms with E-state index >= 15 is 0 Å². The van der Waals surface area contributed by atoms with Crippen molar-refractivity contribution in [3.05, 3.63) is 59.2 Å². The number of benzene rings is 2. The fourth-order valence-corrected chi connectivity index (χ4v) is 3.22. The molecule has 2 aromatic rings. The van der Waals surface area contributed by atoms with E-state index in [0.29, 0.717) is 22.6 Å². The second kappa shape index (κ2) is 8.77. The van der Waals surface area contributed by atoms with Crippen molar-refractivity contribution in [2.45, 2.75) is 26.0 Å². The van der Waals surface area contributed by atoms with Crippen molar-refractivity contribution in [3.63, 3.8) is 0 Å². The Bertz CT molecular complexity index is 982. The van der Waals surface area contributed by atoms with Gasteiger partial charge in [-0.1, -0.05) is 12.1 Å². The van der Waals surface area contributed by atoms with E-state index in [9.17, 15) is 14.7 Å². The van der Waals surface area contributed by atoms with Gasteiger partial charge in [0.25, 0.3) is 0 Å². The van der Waals surface area contributed by atoms with E-state index in [1.807, 2.05) is 0 Å². The topological polar surface area (TPSA) is 106 Å². The predicted octanol–water partition coefficient (Wildman–Crippen LogP) is 3.13. The van der Waals surface area contributed by atoms with Crippen molar-refractivity contribution in [2.75, 3.05) is 14.2 Å². The van der Waals surface area contributed by atoms with Crippen LogP contribution in [0.4, 0.5) is 4.79 Å². The lowest BCUT2D eigenvalue weighted by Crippen LogP contribution is -2.45. The molecule has 2 aromatic carbocycles. The van der Waals surface area contributed by atoms with Crippen LogP contribution in [0.3, 0.4) is 0 Å². The first kappa shape index (κ1) is 21.0. The molecule has 0 radical (unpaired) electrons. The normalized spacial score (nSPS) is 16.0.